The Bertz CT molecular complexity index is 5870. The first-order chi connectivity index (χ1) is 63.3. The summed E-state index contributed by atoms with van der Waals surface area (Å²) in [5.41, 5.74) is 23.6. The molecule has 13 N–H and O–H groups in total. The Hall–Kier alpha value is -12.6. The SMILES string of the molecule is CCCCNC(=O)COc1ccc2c(c1)n(CC)c(CNC(=O)c1nc(Cl)cnc1N)[n+]2CC.CC[n+]1c(CNC(=O)c2nc(Cl)cnc2N)n(CCO)c2cc(OCC(=O)NCc3ccc(P(C)(C)=O)cc3)ccc21.CCn1c(CNC(=O)c2nc(Cl)cnc2N)[n+](CC)c2ccc(OCC(=O)CCCOCP(C)(C)=O)cc21.O=C(O)C(F)(F)F.O=C([O-])C(F)(F)F.O=C([O-])C(F)(F)F. The van der Waals surface area contributed by atoms with Gasteiger partial charge in [0.15, 0.2) is 86.6 Å². The van der Waals surface area contributed by atoms with Crippen molar-refractivity contribution in [1.82, 2.24) is 70.2 Å². The second-order valence-corrected chi connectivity index (χ2v) is 36.9. The number of aliphatic hydroxyl groups is 1. The van der Waals surface area contributed by atoms with Gasteiger partial charge in [-0.3, -0.25) is 28.8 Å². The topological polar surface area (TPSA) is 553 Å². The number of aliphatic carboxylic acids is 3. The molecule has 0 radical (unpaired) electrons. The van der Waals surface area contributed by atoms with E-state index in [9.17, 15) is 82.5 Å². The lowest BCUT2D eigenvalue weighted by atomic mass is 10.2. The first-order valence-corrected chi connectivity index (χ1v) is 47.3. The van der Waals surface area contributed by atoms with Gasteiger partial charge in [0.2, 0.25) is 0 Å². The lowest BCUT2D eigenvalue weighted by Gasteiger charge is -2.10. The minimum Gasteiger partial charge on any atom is -0.542 e. The molecule has 736 valence electrons. The number of carbonyl (C=O) groups excluding carboxylic acids is 8. The number of aromatic nitrogens is 12. The number of carboxylic acids is 3. The first-order valence-electron chi connectivity index (χ1n) is 40.8. The van der Waals surface area contributed by atoms with Crippen molar-refractivity contribution in [1.29, 1.82) is 0 Å². The molecule has 6 aromatic heterocycles. The molecule has 135 heavy (non-hydrogen) atoms. The van der Waals surface area contributed by atoms with E-state index in [1.165, 1.54) is 18.6 Å². The second kappa shape index (κ2) is 52.3. The molecule has 0 bridgehead atoms. The zero-order chi connectivity index (χ0) is 101. The molecule has 0 unspecified atom stereocenters. The van der Waals surface area contributed by atoms with E-state index in [1.807, 2.05) is 110 Å². The lowest BCUT2D eigenvalue weighted by molar-refractivity contribution is -0.676. The van der Waals surface area contributed by atoms with Crippen LogP contribution in [-0.4, -0.2) is 198 Å². The smallest absolute Gasteiger partial charge is 0.490 e. The largest absolute Gasteiger partial charge is 0.542 e. The van der Waals surface area contributed by atoms with Gasteiger partial charge in [-0.25, -0.2) is 62.1 Å². The van der Waals surface area contributed by atoms with Crippen molar-refractivity contribution in [3.8, 4) is 17.2 Å². The van der Waals surface area contributed by atoms with Crippen LogP contribution in [0.3, 0.4) is 0 Å². The summed E-state index contributed by atoms with van der Waals surface area (Å²) < 4.78 is 154. The highest BCUT2D eigenvalue weighted by Gasteiger charge is 2.39. The molecule has 0 saturated heterocycles. The summed E-state index contributed by atoms with van der Waals surface area (Å²) >= 11 is 17.6. The van der Waals surface area contributed by atoms with Crippen LogP contribution in [0.1, 0.15) is 122 Å². The summed E-state index contributed by atoms with van der Waals surface area (Å²) in [6.45, 7) is 24.0. The highest BCUT2D eigenvalue weighted by Crippen LogP contribution is 2.36. The minimum absolute atomic E-state index is 0.00269. The first kappa shape index (κ1) is 113. The number of halogens is 12. The fourth-order valence-electron chi connectivity index (χ4n) is 12.3. The van der Waals surface area contributed by atoms with E-state index in [-0.39, 0.29) is 127 Å². The van der Waals surface area contributed by atoms with Crippen LogP contribution >= 0.6 is 49.1 Å². The van der Waals surface area contributed by atoms with E-state index in [2.05, 4.69) is 81.7 Å². The molecule has 0 saturated carbocycles. The highest BCUT2D eigenvalue weighted by molar-refractivity contribution is 7.70. The Balaban J connectivity index is 0.000000323. The van der Waals surface area contributed by atoms with Gasteiger partial charge in [-0.05, 0) is 116 Å². The normalized spacial score (nSPS) is 11.3. The molecule has 0 aliphatic heterocycles. The number of fused-ring (bicyclic) bond motifs is 3. The number of hydrogen-bond acceptors (Lipinski definition) is 27. The van der Waals surface area contributed by atoms with Crippen molar-refractivity contribution in [2.24, 2.45) is 0 Å². The van der Waals surface area contributed by atoms with E-state index in [0.29, 0.717) is 82.5 Å². The summed E-state index contributed by atoms with van der Waals surface area (Å²) in [6, 6.07) is 24.1. The van der Waals surface area contributed by atoms with Crippen LogP contribution in [0.4, 0.5) is 57.0 Å². The zero-order valence-electron chi connectivity index (χ0n) is 74.5. The van der Waals surface area contributed by atoms with Crippen LogP contribution in [0.25, 0.3) is 33.1 Å². The molecule has 0 aliphatic carbocycles. The predicted molar refractivity (Wildman–Crippen MR) is 472 cm³/mol. The number of ether oxygens (including phenoxy) is 4. The highest BCUT2D eigenvalue weighted by atomic mass is 35.5. The monoisotopic (exact) mass is 2010 g/mol. The quantitative estimate of drug-likeness (QED) is 0.00855. The maximum atomic E-state index is 12.8. The third kappa shape index (κ3) is 35.3. The van der Waals surface area contributed by atoms with Crippen LogP contribution in [-0.2, 0) is 108 Å². The van der Waals surface area contributed by atoms with E-state index in [0.717, 1.165) is 74.3 Å². The fraction of sp³-hybridized carbons (Fsp3) is 0.415. The van der Waals surface area contributed by atoms with Crippen molar-refractivity contribution in [2.45, 2.75) is 151 Å². The van der Waals surface area contributed by atoms with Crippen molar-refractivity contribution in [3.05, 3.63) is 153 Å². The Labute approximate surface area is 780 Å². The summed E-state index contributed by atoms with van der Waals surface area (Å²) in [5, 5.41) is 49.7. The summed E-state index contributed by atoms with van der Waals surface area (Å²) in [6.07, 6.45) is -8.57. The summed E-state index contributed by atoms with van der Waals surface area (Å²) in [4.78, 5) is 125. The molecule has 39 nitrogen and oxygen atoms in total. The van der Waals surface area contributed by atoms with Crippen molar-refractivity contribution >= 4 is 158 Å². The van der Waals surface area contributed by atoms with Crippen LogP contribution < -0.4 is 87.2 Å². The second-order valence-electron chi connectivity index (χ2n) is 29.1. The number of alkyl halides is 9. The molecular weight excluding hydrogens is 1910 g/mol. The number of aryl methyl sites for hydroxylation is 5. The number of imidazole rings is 3. The molecule has 4 aromatic carbocycles. The van der Waals surface area contributed by atoms with Crippen molar-refractivity contribution < 1.29 is 145 Å². The van der Waals surface area contributed by atoms with Crippen molar-refractivity contribution in [2.75, 3.05) is 89.8 Å². The Kier molecular flexibility index (Phi) is 43.7. The van der Waals surface area contributed by atoms with Crippen LogP contribution in [0.2, 0.25) is 15.5 Å². The van der Waals surface area contributed by atoms with Gasteiger partial charge in [0.05, 0.1) is 64.3 Å². The van der Waals surface area contributed by atoms with E-state index >= 15 is 0 Å². The van der Waals surface area contributed by atoms with Crippen LogP contribution in [0, 0.1) is 0 Å². The van der Waals surface area contributed by atoms with E-state index in [1.54, 1.807) is 38.8 Å². The fourth-order valence-corrected chi connectivity index (χ4v) is 14.1. The number of nitrogen functional groups attached to an aromatic ring is 3. The molecule has 0 spiro atoms. The molecular formula is C82H101Cl3F9N20O19P2+. The van der Waals surface area contributed by atoms with E-state index < -0.39 is 68.4 Å². The van der Waals surface area contributed by atoms with Gasteiger partial charge in [0, 0.05) is 49.6 Å². The maximum absolute atomic E-state index is 12.8. The number of nitrogens with two attached hydrogens (primary N) is 3. The van der Waals surface area contributed by atoms with Gasteiger partial charge in [-0.1, -0.05) is 72.4 Å². The third-order valence-corrected chi connectivity index (χ3v) is 21.3. The molecule has 10 rings (SSSR count). The van der Waals surface area contributed by atoms with Crippen LogP contribution in [0.15, 0.2) is 97.5 Å². The average molecular weight is 2010 g/mol. The van der Waals surface area contributed by atoms with Gasteiger partial charge < -0.3 is 102 Å². The maximum Gasteiger partial charge on any atom is 0.490 e. The molecule has 6 heterocycles. The number of benzene rings is 4. The van der Waals surface area contributed by atoms with Gasteiger partial charge in [0.1, 0.15) is 91.7 Å². The number of unbranched alkanes of at least 4 members (excludes halogenated alkanes) is 1. The number of nitrogens with one attached hydrogen (secondary N) is 5. The predicted octanol–water partition coefficient (Wildman–Crippen LogP) is 6.54. The Morgan fingerprint density at radius 1 is 0.496 bits per heavy atom. The number of ketones is 1. The third-order valence-electron chi connectivity index (χ3n) is 18.4. The lowest BCUT2D eigenvalue weighted by Crippen LogP contribution is -2.40. The Morgan fingerprint density at radius 3 is 1.16 bits per heavy atom. The minimum atomic E-state index is -5.19. The summed E-state index contributed by atoms with van der Waals surface area (Å²) in [7, 11) is -4.54. The number of amides is 5. The number of aliphatic hydroxyl groups excluding tert-OH is 1. The number of rotatable bonds is 37. The number of anilines is 3. The molecule has 5 amide bonds. The molecule has 0 fully saturated rings. The number of nitrogens with zero attached hydrogens (tertiary/aromatic N) is 12. The molecule has 53 heteroatoms. The van der Waals surface area contributed by atoms with Crippen molar-refractivity contribution in [3.63, 3.8) is 0 Å². The van der Waals surface area contributed by atoms with Gasteiger partial charge in [-0.15, -0.1) is 0 Å². The number of Topliss-reactive ketones (excluding diaryl/α,β-unsaturated/α-hetero) is 1. The number of carboxylic acid groups (broad SMARTS) is 3. The molecule has 0 atom stereocenters. The van der Waals surface area contributed by atoms with Crippen LogP contribution in [0.5, 0.6) is 17.2 Å². The van der Waals surface area contributed by atoms with Gasteiger partial charge in [-0.2, -0.15) is 39.5 Å². The summed E-state index contributed by atoms with van der Waals surface area (Å²) in [5.74, 6) is -6.57. The average Bonchev–Trinajstić information content (AvgIpc) is 1.63. The molecule has 0 aliphatic rings. The zero-order valence-corrected chi connectivity index (χ0v) is 78.5. The van der Waals surface area contributed by atoms with E-state index in [4.69, 9.17) is 101 Å². The number of hydrogen-bond donors (Lipinski definition) is 10. The number of carbonyl (C=O) groups is 9. The standard InChI is InChI=1S/C28H33ClN7O5P.C25H34ClN6O5P.C23H30ClN7O3.3C2HF3O2/c1-4-35-21-10-7-19(41-17-24(38)31-14-18-5-8-20(9-6-18)42(2,3)40)13-22(21)36(11-12-37)25(35)16-33-28(39)26-27(30)32-15-23(29)34-26;1-5-31-19-10-9-18(37-15-17(33)8-7-11-36-16-38(3,4)35)12-20(19)32(6-2)22(31)14-29-25(34)23-24(27)28-13-21(26)30-23;1-4-7-10-26-19(32)14-34-15-8-9-16-17(11-15)31(6-3)20(30(16)5-2)13-28-23(33)21-22(25)27-12-18(24)29-21;3*3-2(4,5)1(6)7/h5-10,13,15,37H,4,11-12,14,16-17H2,1-3H3,(H3-,30,31,32,33,38,39);9-10,12-13H,5-8,11,14-16H2,1-4H3,(H2-,27,28,29,34);8-9,11-12H,4-7,10,13-14H2,1-3H3,(H3-,25,26,27,28,32,33);3*(H,6,7)/p+1. The van der Waals surface area contributed by atoms with Gasteiger partial charge in [0.25, 0.3) is 47.0 Å². The van der Waals surface area contributed by atoms with Gasteiger partial charge >= 0.3 is 24.5 Å². The Morgan fingerprint density at radius 2 is 0.844 bits per heavy atom. The molecule has 10 aromatic rings.